The Bertz CT molecular complexity index is 1410. The second-order valence-electron chi connectivity index (χ2n) is 7.76. The van der Waals surface area contributed by atoms with Gasteiger partial charge in [-0.25, -0.2) is 0 Å². The molecule has 0 radical (unpaired) electrons. The van der Waals surface area contributed by atoms with Crippen LogP contribution in [-0.2, 0) is 11.3 Å². The van der Waals surface area contributed by atoms with Crippen molar-refractivity contribution in [2.45, 2.75) is 6.54 Å². The molecule has 0 bridgehead atoms. The van der Waals surface area contributed by atoms with Crippen LogP contribution in [-0.4, -0.2) is 27.3 Å². The molecule has 6 nitrogen and oxygen atoms in total. The first-order valence-electron chi connectivity index (χ1n) is 11.0. The molecule has 0 aliphatic carbocycles. The highest BCUT2D eigenvalue weighted by atomic mass is 32.2. The summed E-state index contributed by atoms with van der Waals surface area (Å²) in [5.41, 5.74) is 3.70. The molecule has 1 saturated heterocycles. The largest absolute Gasteiger partial charge is 0.507 e. The number of phenols is 1. The lowest BCUT2D eigenvalue weighted by atomic mass is 10.0. The van der Waals surface area contributed by atoms with Gasteiger partial charge < -0.3 is 9.52 Å². The maximum atomic E-state index is 13.2. The normalized spacial score (nSPS) is 16.1. The number of rotatable bonds is 6. The molecule has 0 spiro atoms. The van der Waals surface area contributed by atoms with Gasteiger partial charge >= 0.3 is 0 Å². The molecule has 0 unspecified atom stereocenters. The smallest absolute Gasteiger partial charge is 0.267 e. The zero-order valence-electron chi connectivity index (χ0n) is 18.6. The fourth-order valence-electron chi connectivity index (χ4n) is 3.57. The van der Waals surface area contributed by atoms with Gasteiger partial charge in [-0.3, -0.25) is 9.69 Å². The van der Waals surface area contributed by atoms with Crippen LogP contribution in [0.15, 0.2) is 117 Å². The van der Waals surface area contributed by atoms with Crippen molar-refractivity contribution >= 4 is 35.1 Å². The van der Waals surface area contributed by atoms with Crippen molar-refractivity contribution in [3.8, 4) is 16.9 Å². The Morgan fingerprint density at radius 1 is 0.886 bits per heavy atom. The van der Waals surface area contributed by atoms with E-state index in [9.17, 15) is 9.90 Å². The fraction of sp³-hybridized carbons (Fsp3) is 0.0357. The number of nitrogens with zero attached hydrogens (tertiary/aromatic N) is 3. The average molecular weight is 480 g/mol. The molecule has 1 amide bonds. The van der Waals surface area contributed by atoms with E-state index in [0.717, 1.165) is 16.7 Å². The molecule has 172 valence electrons. The Balaban J connectivity index is 1.41. The van der Waals surface area contributed by atoms with Gasteiger partial charge in [-0.15, -0.1) is 5.10 Å². The number of thioether (sulfide) groups is 1. The number of phenolic OH excluding ortho intramolecular Hbond substituents is 1. The summed E-state index contributed by atoms with van der Waals surface area (Å²) in [5.74, 6) is 0.582. The van der Waals surface area contributed by atoms with E-state index in [1.807, 2.05) is 54.6 Å². The molecule has 0 atom stereocenters. The number of amides is 1. The zero-order chi connectivity index (χ0) is 24.0. The lowest BCUT2D eigenvalue weighted by Gasteiger charge is -2.12. The summed E-state index contributed by atoms with van der Waals surface area (Å²) in [5, 5.41) is 18.8. The number of benzene rings is 3. The van der Waals surface area contributed by atoms with E-state index in [0.29, 0.717) is 21.4 Å². The van der Waals surface area contributed by atoms with Crippen LogP contribution in [0.4, 0.5) is 0 Å². The van der Waals surface area contributed by atoms with Gasteiger partial charge in [0.2, 0.25) is 0 Å². The predicted octanol–water partition coefficient (Wildman–Crippen LogP) is 6.16. The highest BCUT2D eigenvalue weighted by Gasteiger charge is 2.34. The third-order valence-corrected chi connectivity index (χ3v) is 6.37. The molecule has 2 heterocycles. The Hall–Kier alpha value is -4.36. The summed E-state index contributed by atoms with van der Waals surface area (Å²) in [4.78, 5) is 15.3. The number of furan rings is 1. The number of aromatic hydroxyl groups is 1. The third kappa shape index (κ3) is 5.26. The van der Waals surface area contributed by atoms with E-state index in [2.05, 4.69) is 22.3 Å². The summed E-state index contributed by atoms with van der Waals surface area (Å²) in [6, 6.07) is 28.6. The number of para-hydroxylation sites is 1. The quantitative estimate of drug-likeness (QED) is 0.204. The van der Waals surface area contributed by atoms with Gasteiger partial charge in [0.05, 0.1) is 23.9 Å². The molecule has 7 heteroatoms. The first-order chi connectivity index (χ1) is 17.2. The van der Waals surface area contributed by atoms with Gasteiger partial charge in [0.15, 0.2) is 5.17 Å². The van der Waals surface area contributed by atoms with Crippen LogP contribution in [0.2, 0.25) is 0 Å². The topological polar surface area (TPSA) is 78.4 Å². The third-order valence-electron chi connectivity index (χ3n) is 5.37. The van der Waals surface area contributed by atoms with Gasteiger partial charge in [0.25, 0.3) is 5.91 Å². The van der Waals surface area contributed by atoms with E-state index in [1.165, 1.54) is 22.9 Å². The second kappa shape index (κ2) is 10.3. The van der Waals surface area contributed by atoms with E-state index in [4.69, 9.17) is 4.42 Å². The average Bonchev–Trinajstić information content (AvgIpc) is 3.51. The van der Waals surface area contributed by atoms with Crippen molar-refractivity contribution in [1.82, 2.24) is 4.90 Å². The molecule has 1 fully saturated rings. The molecular formula is C28H21N3O3S. The minimum atomic E-state index is -0.171. The molecular weight excluding hydrogens is 458 g/mol. The monoisotopic (exact) mass is 479 g/mol. The molecule has 1 aromatic heterocycles. The number of carbonyl (C=O) groups excluding carboxylic acids is 1. The van der Waals surface area contributed by atoms with Crippen molar-refractivity contribution in [2.75, 3.05) is 0 Å². The lowest BCUT2D eigenvalue weighted by molar-refractivity contribution is -0.122. The zero-order valence-corrected chi connectivity index (χ0v) is 19.4. The van der Waals surface area contributed by atoms with Crippen LogP contribution in [0.5, 0.6) is 5.75 Å². The molecule has 1 aliphatic heterocycles. The molecule has 3 aromatic carbocycles. The first-order valence-corrected chi connectivity index (χ1v) is 11.8. The Kier molecular flexibility index (Phi) is 6.59. The SMILES string of the molecule is O=C1/C(=C/c2ccc(-c3ccccc3)cc2)S/C(=N/N=C\c2ccccc2O)N1Cc1ccco1. The van der Waals surface area contributed by atoms with Crippen LogP contribution in [0.25, 0.3) is 17.2 Å². The Morgan fingerprint density at radius 3 is 2.37 bits per heavy atom. The minimum absolute atomic E-state index is 0.110. The van der Waals surface area contributed by atoms with Crippen LogP contribution >= 0.6 is 11.8 Å². The van der Waals surface area contributed by atoms with Gasteiger partial charge in [-0.1, -0.05) is 66.7 Å². The molecule has 1 aliphatic rings. The van der Waals surface area contributed by atoms with E-state index >= 15 is 0 Å². The maximum Gasteiger partial charge on any atom is 0.267 e. The van der Waals surface area contributed by atoms with Gasteiger partial charge in [0, 0.05) is 5.56 Å². The molecule has 5 rings (SSSR count). The van der Waals surface area contributed by atoms with Crippen LogP contribution < -0.4 is 0 Å². The highest BCUT2D eigenvalue weighted by molar-refractivity contribution is 8.18. The van der Waals surface area contributed by atoms with Crippen molar-refractivity contribution in [2.24, 2.45) is 10.2 Å². The summed E-state index contributed by atoms with van der Waals surface area (Å²) >= 11 is 1.25. The second-order valence-corrected chi connectivity index (χ2v) is 8.76. The van der Waals surface area contributed by atoms with Gasteiger partial charge in [0.1, 0.15) is 11.5 Å². The summed E-state index contributed by atoms with van der Waals surface area (Å²) in [7, 11) is 0. The molecule has 1 N–H and O–H groups in total. The van der Waals surface area contributed by atoms with E-state index in [1.54, 1.807) is 36.6 Å². The number of carbonyl (C=O) groups is 1. The Labute approximate surface area is 206 Å². The highest BCUT2D eigenvalue weighted by Crippen LogP contribution is 2.34. The fourth-order valence-corrected chi connectivity index (χ4v) is 4.51. The molecule has 0 saturated carbocycles. The van der Waals surface area contributed by atoms with Crippen molar-refractivity contribution in [3.63, 3.8) is 0 Å². The number of hydrogen-bond donors (Lipinski definition) is 1. The minimum Gasteiger partial charge on any atom is -0.507 e. The maximum absolute atomic E-state index is 13.2. The van der Waals surface area contributed by atoms with Crippen molar-refractivity contribution in [1.29, 1.82) is 0 Å². The molecule has 35 heavy (non-hydrogen) atoms. The summed E-state index contributed by atoms with van der Waals surface area (Å²) < 4.78 is 5.44. The number of amidine groups is 1. The van der Waals surface area contributed by atoms with Crippen LogP contribution in [0, 0.1) is 0 Å². The van der Waals surface area contributed by atoms with Crippen molar-refractivity contribution < 1.29 is 14.3 Å². The molecule has 4 aromatic rings. The van der Waals surface area contributed by atoms with Gasteiger partial charge in [-0.2, -0.15) is 5.10 Å². The van der Waals surface area contributed by atoms with Gasteiger partial charge in [-0.05, 0) is 58.8 Å². The summed E-state index contributed by atoms with van der Waals surface area (Å²) in [6.45, 7) is 0.244. The standard InChI is InChI=1S/C28H21N3O3S/c32-25-11-5-4-9-23(25)18-29-30-28-31(19-24-10-6-16-34-24)27(33)26(35-28)17-20-12-14-22(15-13-20)21-7-2-1-3-8-21/h1-18,32H,19H2/b26-17-,29-18-,30-28+. The van der Waals surface area contributed by atoms with E-state index in [-0.39, 0.29) is 18.2 Å². The van der Waals surface area contributed by atoms with E-state index < -0.39 is 0 Å². The first kappa shape index (κ1) is 22.4. The van der Waals surface area contributed by atoms with Crippen LogP contribution in [0.1, 0.15) is 16.9 Å². The van der Waals surface area contributed by atoms with Crippen LogP contribution in [0.3, 0.4) is 0 Å². The lowest BCUT2D eigenvalue weighted by Crippen LogP contribution is -2.28. The Morgan fingerprint density at radius 2 is 1.63 bits per heavy atom. The van der Waals surface area contributed by atoms with Crippen molar-refractivity contribution in [3.05, 3.63) is 119 Å². The predicted molar refractivity (Wildman–Crippen MR) is 140 cm³/mol. The summed E-state index contributed by atoms with van der Waals surface area (Å²) in [6.07, 6.45) is 4.88. The number of hydrogen-bond acceptors (Lipinski definition) is 6.